The quantitative estimate of drug-likeness (QED) is 0.268. The highest BCUT2D eigenvalue weighted by atomic mass is 16.5. The Morgan fingerprint density at radius 2 is 1.86 bits per heavy atom. The number of ether oxygens (including phenoxy) is 1. The van der Waals surface area contributed by atoms with Gasteiger partial charge in [-0.15, -0.1) is 5.10 Å². The van der Waals surface area contributed by atoms with Gasteiger partial charge < -0.3 is 4.74 Å². The van der Waals surface area contributed by atoms with Crippen LogP contribution in [0.4, 0.5) is 0 Å². The highest BCUT2D eigenvalue weighted by Crippen LogP contribution is 2.21. The van der Waals surface area contributed by atoms with Crippen LogP contribution in [0.2, 0.25) is 0 Å². The molecule has 0 unspecified atom stereocenters. The molecule has 36 heavy (non-hydrogen) atoms. The lowest BCUT2D eigenvalue weighted by molar-refractivity contribution is -0.134. The first-order chi connectivity index (χ1) is 17.6. The van der Waals surface area contributed by atoms with Crippen LogP contribution in [0.25, 0.3) is 40.0 Å². The molecule has 3 heterocycles. The summed E-state index contributed by atoms with van der Waals surface area (Å²) >= 11 is 0. The summed E-state index contributed by atoms with van der Waals surface area (Å²) in [4.78, 5) is 29.2. The van der Waals surface area contributed by atoms with Crippen LogP contribution >= 0.6 is 0 Å². The lowest BCUT2D eigenvalue weighted by Gasteiger charge is -2.06. The standard InChI is InChI=1S/C26H18N8O2/c1-36-23(35)9-8-19-13-28-24(29-14-19)21-7-3-5-18(11-21)16-34-26-25(32-33-34)30-15-22(31-26)20-6-2-4-17(10-20)12-27/h2-11,13-15H,16H2,1H3/b9-8+. The van der Waals surface area contributed by atoms with Crippen LogP contribution in [-0.2, 0) is 16.1 Å². The van der Waals surface area contributed by atoms with Crippen molar-refractivity contribution in [3.63, 3.8) is 0 Å². The Morgan fingerprint density at radius 1 is 1.06 bits per heavy atom. The van der Waals surface area contributed by atoms with Crippen molar-refractivity contribution in [2.45, 2.75) is 6.54 Å². The molecule has 10 heteroatoms. The molecule has 0 spiro atoms. The maximum absolute atomic E-state index is 11.3. The highest BCUT2D eigenvalue weighted by Gasteiger charge is 2.12. The Balaban J connectivity index is 1.40. The normalized spacial score (nSPS) is 11.0. The second-order valence-corrected chi connectivity index (χ2v) is 7.74. The van der Waals surface area contributed by atoms with E-state index in [-0.39, 0.29) is 0 Å². The fourth-order valence-electron chi connectivity index (χ4n) is 3.54. The molecule has 3 aromatic heterocycles. The van der Waals surface area contributed by atoms with Crippen LogP contribution in [0.5, 0.6) is 0 Å². The molecule has 0 fully saturated rings. The van der Waals surface area contributed by atoms with Crippen molar-refractivity contribution in [3.8, 4) is 28.7 Å². The number of nitriles is 1. The zero-order chi connectivity index (χ0) is 24.9. The molecule has 0 saturated carbocycles. The summed E-state index contributed by atoms with van der Waals surface area (Å²) in [6.07, 6.45) is 7.80. The van der Waals surface area contributed by atoms with Crippen LogP contribution in [0.1, 0.15) is 16.7 Å². The zero-order valence-corrected chi connectivity index (χ0v) is 19.1. The van der Waals surface area contributed by atoms with Crippen LogP contribution in [0.3, 0.4) is 0 Å². The number of methoxy groups -OCH3 is 1. The molecule has 10 nitrogen and oxygen atoms in total. The molecule has 2 aromatic carbocycles. The van der Waals surface area contributed by atoms with E-state index >= 15 is 0 Å². The largest absolute Gasteiger partial charge is 0.466 e. The Hall–Kier alpha value is -5.30. The number of benzene rings is 2. The summed E-state index contributed by atoms with van der Waals surface area (Å²) in [5.74, 6) is 0.106. The Labute approximate surface area is 205 Å². The van der Waals surface area contributed by atoms with E-state index in [4.69, 9.17) is 4.98 Å². The van der Waals surface area contributed by atoms with Crippen molar-refractivity contribution in [3.05, 3.63) is 89.9 Å². The maximum Gasteiger partial charge on any atom is 0.330 e. The van der Waals surface area contributed by atoms with Gasteiger partial charge in [0.2, 0.25) is 5.65 Å². The summed E-state index contributed by atoms with van der Waals surface area (Å²) in [7, 11) is 1.32. The van der Waals surface area contributed by atoms with E-state index in [9.17, 15) is 10.1 Å². The van der Waals surface area contributed by atoms with Gasteiger partial charge in [-0.3, -0.25) is 0 Å². The first kappa shape index (κ1) is 22.5. The smallest absolute Gasteiger partial charge is 0.330 e. The molecule has 0 N–H and O–H groups in total. The number of fused-ring (bicyclic) bond motifs is 1. The van der Waals surface area contributed by atoms with Crippen LogP contribution in [0.15, 0.2) is 73.2 Å². The van der Waals surface area contributed by atoms with E-state index in [0.29, 0.717) is 40.5 Å². The Morgan fingerprint density at radius 3 is 2.67 bits per heavy atom. The van der Waals surface area contributed by atoms with E-state index < -0.39 is 5.97 Å². The summed E-state index contributed by atoms with van der Waals surface area (Å²) in [6.45, 7) is 0.417. The molecule has 0 atom stereocenters. The fraction of sp³-hybridized carbons (Fsp3) is 0.0769. The zero-order valence-electron chi connectivity index (χ0n) is 19.1. The lowest BCUT2D eigenvalue weighted by atomic mass is 10.1. The SMILES string of the molecule is COC(=O)/C=C/c1cnc(-c2cccc(Cn3nnc4ncc(-c5cccc(C#N)c5)nc43)c2)nc1. The van der Waals surface area contributed by atoms with Gasteiger partial charge in [0.1, 0.15) is 0 Å². The molecule has 0 aliphatic rings. The molecule has 5 rings (SSSR count). The number of aromatic nitrogens is 7. The van der Waals surface area contributed by atoms with Gasteiger partial charge in [0.05, 0.1) is 37.2 Å². The van der Waals surface area contributed by atoms with Crippen molar-refractivity contribution in [1.29, 1.82) is 5.26 Å². The molecule has 0 amide bonds. The van der Waals surface area contributed by atoms with Crippen molar-refractivity contribution < 1.29 is 9.53 Å². The molecule has 0 aliphatic carbocycles. The first-order valence-electron chi connectivity index (χ1n) is 10.9. The molecule has 5 aromatic rings. The van der Waals surface area contributed by atoms with Gasteiger partial charge >= 0.3 is 5.97 Å². The number of carbonyl (C=O) groups is 1. The van der Waals surface area contributed by atoms with E-state index in [1.807, 2.05) is 36.4 Å². The van der Waals surface area contributed by atoms with Gasteiger partial charge in [-0.25, -0.2) is 29.4 Å². The van der Waals surface area contributed by atoms with Crippen LogP contribution in [-0.4, -0.2) is 48.0 Å². The third kappa shape index (κ3) is 4.80. The average molecular weight is 474 g/mol. The molecule has 0 bridgehead atoms. The van der Waals surface area contributed by atoms with Crippen molar-refractivity contribution in [2.24, 2.45) is 0 Å². The monoisotopic (exact) mass is 474 g/mol. The average Bonchev–Trinajstić information content (AvgIpc) is 3.34. The van der Waals surface area contributed by atoms with Crippen molar-refractivity contribution >= 4 is 23.3 Å². The van der Waals surface area contributed by atoms with E-state index in [2.05, 4.69) is 36.1 Å². The fourth-order valence-corrected chi connectivity index (χ4v) is 3.54. The number of hydrogen-bond donors (Lipinski definition) is 0. The Kier molecular flexibility index (Phi) is 6.19. The van der Waals surface area contributed by atoms with Gasteiger partial charge in [0.25, 0.3) is 0 Å². The van der Waals surface area contributed by atoms with E-state index in [1.54, 1.807) is 41.5 Å². The number of hydrogen-bond acceptors (Lipinski definition) is 9. The second kappa shape index (κ2) is 9.90. The number of nitrogens with zero attached hydrogens (tertiary/aromatic N) is 8. The van der Waals surface area contributed by atoms with Gasteiger partial charge in [-0.05, 0) is 29.8 Å². The summed E-state index contributed by atoms with van der Waals surface area (Å²) in [5, 5.41) is 17.5. The summed E-state index contributed by atoms with van der Waals surface area (Å²) in [6, 6.07) is 17.1. The van der Waals surface area contributed by atoms with Gasteiger partial charge in [0.15, 0.2) is 11.5 Å². The number of esters is 1. The molecule has 0 aliphatic heterocycles. The van der Waals surface area contributed by atoms with Crippen molar-refractivity contribution in [2.75, 3.05) is 7.11 Å². The van der Waals surface area contributed by atoms with Crippen LogP contribution in [0, 0.1) is 11.3 Å². The van der Waals surface area contributed by atoms with Gasteiger partial charge in [-0.1, -0.05) is 35.5 Å². The highest BCUT2D eigenvalue weighted by molar-refractivity contribution is 5.86. The minimum absolute atomic E-state index is 0.417. The topological polar surface area (TPSA) is 132 Å². The maximum atomic E-state index is 11.3. The third-order valence-electron chi connectivity index (χ3n) is 5.32. The molecule has 0 radical (unpaired) electrons. The summed E-state index contributed by atoms with van der Waals surface area (Å²) in [5.41, 5.74) is 5.42. The predicted octanol–water partition coefficient (Wildman–Crippen LogP) is 3.45. The van der Waals surface area contributed by atoms with Crippen LogP contribution < -0.4 is 0 Å². The minimum atomic E-state index is -0.445. The molecular formula is C26H18N8O2. The molecular weight excluding hydrogens is 456 g/mol. The minimum Gasteiger partial charge on any atom is -0.466 e. The molecule has 0 saturated heterocycles. The van der Waals surface area contributed by atoms with Gasteiger partial charge in [0, 0.05) is 35.2 Å². The van der Waals surface area contributed by atoms with Crippen molar-refractivity contribution in [1.82, 2.24) is 34.9 Å². The van der Waals surface area contributed by atoms with E-state index in [0.717, 1.165) is 16.7 Å². The number of carbonyl (C=O) groups excluding carboxylic acids is 1. The lowest BCUT2D eigenvalue weighted by Crippen LogP contribution is -2.04. The number of rotatable bonds is 6. The first-order valence-corrected chi connectivity index (χ1v) is 10.9. The van der Waals surface area contributed by atoms with E-state index in [1.165, 1.54) is 13.2 Å². The van der Waals surface area contributed by atoms with Gasteiger partial charge in [-0.2, -0.15) is 5.26 Å². The molecule has 174 valence electrons. The predicted molar refractivity (Wildman–Crippen MR) is 131 cm³/mol. The Bertz CT molecular complexity index is 1630. The summed E-state index contributed by atoms with van der Waals surface area (Å²) < 4.78 is 6.27. The third-order valence-corrected chi connectivity index (χ3v) is 5.32. The second-order valence-electron chi connectivity index (χ2n) is 7.74.